The fourth-order valence-electron chi connectivity index (χ4n) is 1.82. The van der Waals surface area contributed by atoms with E-state index in [1.54, 1.807) is 6.92 Å². The predicted octanol–water partition coefficient (Wildman–Crippen LogP) is 0.673. The summed E-state index contributed by atoms with van der Waals surface area (Å²) in [5, 5.41) is 9.00. The number of rotatable bonds is 5. The Morgan fingerprint density at radius 2 is 1.65 bits per heavy atom. The van der Waals surface area contributed by atoms with Crippen molar-refractivity contribution in [2.75, 3.05) is 16.2 Å². The average Bonchev–Trinajstić information content (AvgIpc) is 2.24. The molecule has 0 atom stereocenters. The summed E-state index contributed by atoms with van der Waals surface area (Å²) in [7, 11) is -8.07. The molecule has 0 aliphatic carbocycles. The second-order valence-electron chi connectivity index (χ2n) is 4.22. The van der Waals surface area contributed by atoms with E-state index in [9.17, 15) is 21.6 Å². The van der Waals surface area contributed by atoms with Crippen LogP contribution in [0.2, 0.25) is 0 Å². The second-order valence-corrected chi connectivity index (χ2v) is 8.12. The molecule has 20 heavy (non-hydrogen) atoms. The smallest absolute Gasteiger partial charge is 0.335 e. The van der Waals surface area contributed by atoms with Gasteiger partial charge in [0.1, 0.15) is 0 Å². The van der Waals surface area contributed by atoms with Crippen LogP contribution in [0.3, 0.4) is 0 Å². The van der Waals surface area contributed by atoms with E-state index < -0.39 is 26.0 Å². The van der Waals surface area contributed by atoms with Crippen LogP contribution in [0.25, 0.3) is 0 Å². The number of anilines is 1. The number of aromatic carboxylic acids is 1. The number of aryl methyl sites for hydroxylation is 1. The lowest BCUT2D eigenvalue weighted by Gasteiger charge is -2.20. The summed E-state index contributed by atoms with van der Waals surface area (Å²) in [6, 6.07) is 3.61. The first-order valence-corrected chi connectivity index (χ1v) is 9.24. The Kier molecular flexibility index (Phi) is 4.45. The van der Waals surface area contributed by atoms with Crippen molar-refractivity contribution in [2.24, 2.45) is 0 Å². The largest absolute Gasteiger partial charge is 0.478 e. The molecule has 0 aromatic heterocycles. The summed E-state index contributed by atoms with van der Waals surface area (Å²) >= 11 is 0. The number of benzene rings is 1. The number of hydrogen-bond acceptors (Lipinski definition) is 5. The van der Waals surface area contributed by atoms with Gasteiger partial charge in [-0.15, -0.1) is 0 Å². The average molecular weight is 321 g/mol. The van der Waals surface area contributed by atoms with Crippen LogP contribution in [0.15, 0.2) is 18.2 Å². The molecule has 0 amide bonds. The number of hydrogen-bond donors (Lipinski definition) is 1. The Morgan fingerprint density at radius 1 is 1.15 bits per heavy atom. The maximum atomic E-state index is 11.6. The summed E-state index contributed by atoms with van der Waals surface area (Å²) in [6.07, 6.45) is 1.87. The van der Waals surface area contributed by atoms with Crippen LogP contribution < -0.4 is 3.71 Å². The van der Waals surface area contributed by atoms with Crippen molar-refractivity contribution in [1.82, 2.24) is 0 Å². The van der Waals surface area contributed by atoms with Gasteiger partial charge >= 0.3 is 5.97 Å². The number of nitrogens with zero attached hydrogens (tertiary/aromatic N) is 1. The van der Waals surface area contributed by atoms with Crippen molar-refractivity contribution in [3.8, 4) is 0 Å². The SMILES string of the molecule is CCc1cc(N(S(C)(=O)=O)S(C)(=O)=O)ccc1C(=O)O. The van der Waals surface area contributed by atoms with Crippen molar-refractivity contribution in [3.63, 3.8) is 0 Å². The third-order valence-corrected chi connectivity index (χ3v) is 5.76. The lowest BCUT2D eigenvalue weighted by atomic mass is 10.0. The summed E-state index contributed by atoms with van der Waals surface area (Å²) < 4.78 is 46.8. The molecule has 0 saturated carbocycles. The van der Waals surface area contributed by atoms with Gasteiger partial charge in [-0.2, -0.15) is 3.71 Å². The van der Waals surface area contributed by atoms with E-state index in [0.29, 0.717) is 12.0 Å². The molecule has 0 aliphatic rings. The van der Waals surface area contributed by atoms with E-state index in [4.69, 9.17) is 5.11 Å². The fraction of sp³-hybridized carbons (Fsp3) is 0.364. The molecule has 112 valence electrons. The normalized spacial score (nSPS) is 12.2. The van der Waals surface area contributed by atoms with Gasteiger partial charge in [-0.1, -0.05) is 6.92 Å². The molecule has 0 fully saturated rings. The standard InChI is InChI=1S/C11H15NO6S2/c1-4-8-7-9(5-6-10(8)11(13)14)12(19(2,15)16)20(3,17)18/h5-7H,4H2,1-3H3,(H,13,14). The Balaban J connectivity index is 3.57. The van der Waals surface area contributed by atoms with Gasteiger partial charge in [0.05, 0.1) is 23.8 Å². The van der Waals surface area contributed by atoms with E-state index >= 15 is 0 Å². The molecular formula is C11H15NO6S2. The zero-order valence-electron chi connectivity index (χ0n) is 11.2. The zero-order valence-corrected chi connectivity index (χ0v) is 12.8. The molecule has 9 heteroatoms. The first-order chi connectivity index (χ1) is 8.98. The third kappa shape index (κ3) is 3.48. The van der Waals surface area contributed by atoms with Crippen molar-refractivity contribution in [3.05, 3.63) is 29.3 Å². The van der Waals surface area contributed by atoms with Crippen LogP contribution in [0, 0.1) is 0 Å². The van der Waals surface area contributed by atoms with Gasteiger partial charge in [-0.05, 0) is 30.2 Å². The number of carbonyl (C=O) groups is 1. The highest BCUT2D eigenvalue weighted by atomic mass is 32.3. The van der Waals surface area contributed by atoms with Gasteiger partial charge in [0, 0.05) is 0 Å². The van der Waals surface area contributed by atoms with Crippen LogP contribution in [0.5, 0.6) is 0 Å². The van der Waals surface area contributed by atoms with Gasteiger partial charge in [0.2, 0.25) is 20.0 Å². The Hall–Kier alpha value is -1.61. The minimum absolute atomic E-state index is 0.0122. The van der Waals surface area contributed by atoms with E-state index in [1.165, 1.54) is 12.1 Å². The molecule has 1 aromatic carbocycles. The second kappa shape index (κ2) is 5.41. The van der Waals surface area contributed by atoms with Crippen molar-refractivity contribution >= 4 is 31.7 Å². The molecule has 0 unspecified atom stereocenters. The molecule has 0 spiro atoms. The molecule has 1 N–H and O–H groups in total. The third-order valence-electron chi connectivity index (χ3n) is 2.51. The Morgan fingerprint density at radius 3 is 2.00 bits per heavy atom. The van der Waals surface area contributed by atoms with Crippen LogP contribution in [0.1, 0.15) is 22.8 Å². The van der Waals surface area contributed by atoms with Gasteiger partial charge in [0.15, 0.2) is 0 Å². The fourth-order valence-corrected chi connectivity index (χ4v) is 4.78. The molecule has 0 radical (unpaired) electrons. The summed E-state index contributed by atoms with van der Waals surface area (Å²) in [6.45, 7) is 1.69. The van der Waals surface area contributed by atoms with E-state index in [-0.39, 0.29) is 15.0 Å². The Bertz CT molecular complexity index is 704. The topological polar surface area (TPSA) is 109 Å². The van der Waals surface area contributed by atoms with Crippen molar-refractivity contribution in [1.29, 1.82) is 0 Å². The number of carboxylic acid groups (broad SMARTS) is 1. The van der Waals surface area contributed by atoms with Crippen LogP contribution in [0.4, 0.5) is 5.69 Å². The van der Waals surface area contributed by atoms with E-state index in [2.05, 4.69) is 0 Å². The lowest BCUT2D eigenvalue weighted by Crippen LogP contribution is -2.35. The van der Waals surface area contributed by atoms with Gasteiger partial charge in [-0.25, -0.2) is 21.6 Å². The van der Waals surface area contributed by atoms with Crippen molar-refractivity contribution < 1.29 is 26.7 Å². The maximum Gasteiger partial charge on any atom is 0.335 e. The molecule has 0 saturated heterocycles. The zero-order chi connectivity index (χ0) is 15.7. The van der Waals surface area contributed by atoms with E-state index in [0.717, 1.165) is 18.6 Å². The van der Waals surface area contributed by atoms with Crippen LogP contribution >= 0.6 is 0 Å². The summed E-state index contributed by atoms with van der Waals surface area (Å²) in [5.74, 6) is -1.15. The van der Waals surface area contributed by atoms with Crippen LogP contribution in [-0.2, 0) is 26.5 Å². The molecule has 1 aromatic rings. The first kappa shape index (κ1) is 16.4. The Labute approximate surface area is 117 Å². The maximum absolute atomic E-state index is 11.6. The number of sulfonamides is 2. The molecule has 0 aliphatic heterocycles. The minimum Gasteiger partial charge on any atom is -0.478 e. The van der Waals surface area contributed by atoms with Gasteiger partial charge in [0.25, 0.3) is 0 Å². The predicted molar refractivity (Wildman–Crippen MR) is 74.9 cm³/mol. The minimum atomic E-state index is -4.04. The van der Waals surface area contributed by atoms with Crippen molar-refractivity contribution in [2.45, 2.75) is 13.3 Å². The van der Waals surface area contributed by atoms with E-state index in [1.807, 2.05) is 0 Å². The van der Waals surface area contributed by atoms with Crippen LogP contribution in [-0.4, -0.2) is 40.4 Å². The molecule has 0 heterocycles. The highest BCUT2D eigenvalue weighted by molar-refractivity contribution is 8.09. The molecule has 7 nitrogen and oxygen atoms in total. The lowest BCUT2D eigenvalue weighted by molar-refractivity contribution is 0.0695. The molecule has 0 bridgehead atoms. The number of carboxylic acids is 1. The summed E-state index contributed by atoms with van der Waals surface area (Å²) in [5.41, 5.74) is 0.266. The quantitative estimate of drug-likeness (QED) is 0.854. The monoisotopic (exact) mass is 321 g/mol. The highest BCUT2D eigenvalue weighted by Crippen LogP contribution is 2.24. The van der Waals surface area contributed by atoms with Gasteiger partial charge < -0.3 is 5.11 Å². The summed E-state index contributed by atoms with van der Waals surface area (Å²) in [4.78, 5) is 11.0. The molecular weight excluding hydrogens is 306 g/mol. The highest BCUT2D eigenvalue weighted by Gasteiger charge is 2.28. The molecule has 1 rings (SSSR count). The first-order valence-electron chi connectivity index (χ1n) is 5.55. The van der Waals surface area contributed by atoms with Gasteiger partial charge in [-0.3, -0.25) is 0 Å².